The standard InChI is InChI=1S/C5H7.ClH.Mg/c1-4-5(2)3;;/h5H,2-3H3;1H;/q-1;;+2/p-1. The number of rotatable bonds is 0. The van der Waals surface area contributed by atoms with Gasteiger partial charge in [-0.3, -0.25) is 0 Å². The van der Waals surface area contributed by atoms with E-state index in [2.05, 4.69) is 5.92 Å². The van der Waals surface area contributed by atoms with Gasteiger partial charge in [-0.1, -0.05) is 13.8 Å². The molecule has 0 aromatic carbocycles. The normalized spacial score (nSPS) is 5.43. The van der Waals surface area contributed by atoms with Crippen molar-refractivity contribution in [3.8, 4) is 5.92 Å². The molecule has 7 heavy (non-hydrogen) atoms. The predicted octanol–water partition coefficient (Wildman–Crippen LogP) is -2.14. The first-order valence-corrected chi connectivity index (χ1v) is 1.69. The second-order valence-corrected chi connectivity index (χ2v) is 1.30. The van der Waals surface area contributed by atoms with E-state index in [1.54, 1.807) is 0 Å². The molecule has 0 saturated heterocycles. The summed E-state index contributed by atoms with van der Waals surface area (Å²) in [5.74, 6) is 2.58. The smallest absolute Gasteiger partial charge is 1.00 e. The zero-order valence-corrected chi connectivity index (χ0v) is 6.83. The second kappa shape index (κ2) is 9.79. The van der Waals surface area contributed by atoms with Crippen LogP contribution in [0.25, 0.3) is 0 Å². The largest absolute Gasteiger partial charge is 2.00 e. The molecule has 0 aliphatic heterocycles. The number of hydrogen-bond acceptors (Lipinski definition) is 0. The summed E-state index contributed by atoms with van der Waals surface area (Å²) in [6.07, 6.45) is 6.41. The summed E-state index contributed by atoms with van der Waals surface area (Å²) >= 11 is 0. The third-order valence-electron chi connectivity index (χ3n) is 0.289. The fraction of sp³-hybridized carbons (Fsp3) is 0.600. The minimum atomic E-state index is 0. The summed E-state index contributed by atoms with van der Waals surface area (Å²) in [4.78, 5) is 0. The first-order valence-electron chi connectivity index (χ1n) is 1.69. The molecule has 0 spiro atoms. The molecule has 36 valence electrons. The van der Waals surface area contributed by atoms with Gasteiger partial charge in [0.1, 0.15) is 0 Å². The molecule has 0 saturated carbocycles. The van der Waals surface area contributed by atoms with Crippen molar-refractivity contribution in [3.05, 3.63) is 6.42 Å². The van der Waals surface area contributed by atoms with E-state index in [0.717, 1.165) is 0 Å². The molecule has 0 amide bonds. The van der Waals surface area contributed by atoms with Crippen LogP contribution < -0.4 is 12.4 Å². The van der Waals surface area contributed by atoms with Gasteiger partial charge in [-0.15, -0.1) is 0 Å². The van der Waals surface area contributed by atoms with Crippen LogP contribution in [0.4, 0.5) is 0 Å². The first-order chi connectivity index (χ1) is 2.27. The molecule has 0 atom stereocenters. The van der Waals surface area contributed by atoms with Crippen molar-refractivity contribution in [3.63, 3.8) is 0 Å². The monoisotopic (exact) mass is 126 g/mol. The molecule has 0 nitrogen and oxygen atoms in total. The SMILES string of the molecule is [C-]#CC(C)C.[Cl-].[Mg+2]. The quantitative estimate of drug-likeness (QED) is 0.198. The van der Waals surface area contributed by atoms with Gasteiger partial charge < -0.3 is 24.8 Å². The molecule has 0 rings (SSSR count). The molecule has 0 heterocycles. The Morgan fingerprint density at radius 3 is 1.57 bits per heavy atom. The van der Waals surface area contributed by atoms with Crippen molar-refractivity contribution in [1.82, 2.24) is 0 Å². The van der Waals surface area contributed by atoms with E-state index >= 15 is 0 Å². The van der Waals surface area contributed by atoms with Crippen LogP contribution in [-0.2, 0) is 0 Å². The van der Waals surface area contributed by atoms with Crippen LogP contribution in [0.5, 0.6) is 0 Å². The van der Waals surface area contributed by atoms with E-state index in [4.69, 9.17) is 6.42 Å². The molecule has 0 radical (unpaired) electrons. The van der Waals surface area contributed by atoms with Crippen LogP contribution >= 0.6 is 0 Å². The van der Waals surface area contributed by atoms with Gasteiger partial charge >= 0.3 is 23.1 Å². The molecule has 0 fully saturated rings. The predicted molar refractivity (Wildman–Crippen MR) is 27.7 cm³/mol. The molecule has 0 bridgehead atoms. The molecule has 0 N–H and O–H groups in total. The van der Waals surface area contributed by atoms with E-state index in [0.29, 0.717) is 5.92 Å². The minimum Gasteiger partial charge on any atom is -1.00 e. The summed E-state index contributed by atoms with van der Waals surface area (Å²) in [5.41, 5.74) is 0. The topological polar surface area (TPSA) is 0 Å². The average molecular weight is 127 g/mol. The van der Waals surface area contributed by atoms with Gasteiger partial charge in [0, 0.05) is 0 Å². The van der Waals surface area contributed by atoms with Crippen molar-refractivity contribution in [2.24, 2.45) is 5.92 Å². The van der Waals surface area contributed by atoms with Gasteiger partial charge in [0.15, 0.2) is 0 Å². The van der Waals surface area contributed by atoms with Crippen LogP contribution in [0.3, 0.4) is 0 Å². The van der Waals surface area contributed by atoms with Crippen molar-refractivity contribution < 1.29 is 12.4 Å². The summed E-state index contributed by atoms with van der Waals surface area (Å²) in [7, 11) is 0. The molecular formula is C5H7ClMg. The van der Waals surface area contributed by atoms with E-state index in [9.17, 15) is 0 Å². The molecule has 0 aliphatic carbocycles. The molecule has 0 aromatic rings. The van der Waals surface area contributed by atoms with Crippen LogP contribution in [-0.4, -0.2) is 23.1 Å². The Labute approximate surface area is 67.6 Å². The molecule has 0 aliphatic rings. The van der Waals surface area contributed by atoms with Crippen LogP contribution in [0, 0.1) is 18.3 Å². The van der Waals surface area contributed by atoms with Crippen molar-refractivity contribution in [2.45, 2.75) is 13.8 Å². The Bertz CT molecular complexity index is 53.6. The summed E-state index contributed by atoms with van der Waals surface area (Å²) in [6.45, 7) is 3.85. The zero-order valence-electron chi connectivity index (χ0n) is 4.66. The fourth-order valence-corrected chi connectivity index (χ4v) is 0. The molecule has 0 unspecified atom stereocenters. The van der Waals surface area contributed by atoms with Gasteiger partial charge in [-0.25, -0.2) is 0 Å². The molecular weight excluding hydrogens is 120 g/mol. The Hall–Kier alpha value is 0.616. The third-order valence-corrected chi connectivity index (χ3v) is 0.289. The maximum absolute atomic E-state index is 6.41. The van der Waals surface area contributed by atoms with Crippen LogP contribution in [0.15, 0.2) is 0 Å². The molecule has 2 heteroatoms. The first kappa shape index (κ1) is 15.6. The van der Waals surface area contributed by atoms with E-state index in [1.165, 1.54) is 0 Å². The van der Waals surface area contributed by atoms with E-state index in [-0.39, 0.29) is 35.5 Å². The van der Waals surface area contributed by atoms with Gasteiger partial charge in [0.25, 0.3) is 0 Å². The number of hydrogen-bond donors (Lipinski definition) is 0. The fourth-order valence-electron chi connectivity index (χ4n) is 0. The maximum atomic E-state index is 6.41. The van der Waals surface area contributed by atoms with Gasteiger partial charge in [-0.05, 0) is 5.92 Å². The van der Waals surface area contributed by atoms with Gasteiger partial charge in [0.05, 0.1) is 0 Å². The third kappa shape index (κ3) is 20.6. The summed E-state index contributed by atoms with van der Waals surface area (Å²) in [6, 6.07) is 0. The van der Waals surface area contributed by atoms with Crippen molar-refractivity contribution in [2.75, 3.05) is 0 Å². The zero-order chi connectivity index (χ0) is 4.28. The van der Waals surface area contributed by atoms with Crippen LogP contribution in [0.1, 0.15) is 13.8 Å². The average Bonchev–Trinajstić information content (AvgIpc) is 1.38. The molecule has 0 aromatic heterocycles. The van der Waals surface area contributed by atoms with Gasteiger partial charge in [0.2, 0.25) is 0 Å². The van der Waals surface area contributed by atoms with Crippen molar-refractivity contribution >= 4 is 23.1 Å². The Morgan fingerprint density at radius 2 is 1.57 bits per heavy atom. The van der Waals surface area contributed by atoms with Crippen molar-refractivity contribution in [1.29, 1.82) is 0 Å². The summed E-state index contributed by atoms with van der Waals surface area (Å²) in [5, 5.41) is 0. The Kier molecular flexibility index (Phi) is 21.9. The van der Waals surface area contributed by atoms with E-state index < -0.39 is 0 Å². The van der Waals surface area contributed by atoms with Gasteiger partial charge in [-0.2, -0.15) is 0 Å². The number of halogens is 1. The minimum absolute atomic E-state index is 0. The Morgan fingerprint density at radius 1 is 1.43 bits per heavy atom. The maximum Gasteiger partial charge on any atom is 2.00 e. The second-order valence-electron chi connectivity index (χ2n) is 1.30. The Balaban J connectivity index is -0.0000000800. The van der Waals surface area contributed by atoms with E-state index in [1.807, 2.05) is 13.8 Å². The summed E-state index contributed by atoms with van der Waals surface area (Å²) < 4.78 is 0. The van der Waals surface area contributed by atoms with Crippen LogP contribution in [0.2, 0.25) is 0 Å².